The molecule has 1 aromatic carbocycles. The number of aromatic nitrogens is 1. The standard InChI is InChI=1S/C13H7Cl3N2O/c14-8-4-9(13(16)11(15)5-8)10-6-18-12(19)3-7(10)1-2-17/h3-6H,1H2,(H,18,19). The van der Waals surface area contributed by atoms with Crippen molar-refractivity contribution in [3.63, 3.8) is 0 Å². The molecule has 0 amide bonds. The van der Waals surface area contributed by atoms with Crippen LogP contribution in [-0.4, -0.2) is 4.98 Å². The maximum absolute atomic E-state index is 11.3. The van der Waals surface area contributed by atoms with Gasteiger partial charge in [-0.2, -0.15) is 5.26 Å². The van der Waals surface area contributed by atoms with Crippen molar-refractivity contribution in [2.45, 2.75) is 6.42 Å². The summed E-state index contributed by atoms with van der Waals surface area (Å²) >= 11 is 18.1. The van der Waals surface area contributed by atoms with Gasteiger partial charge in [-0.15, -0.1) is 0 Å². The van der Waals surface area contributed by atoms with Gasteiger partial charge in [-0.25, -0.2) is 0 Å². The Morgan fingerprint density at radius 1 is 1.16 bits per heavy atom. The highest BCUT2D eigenvalue weighted by atomic mass is 35.5. The zero-order chi connectivity index (χ0) is 14.0. The van der Waals surface area contributed by atoms with E-state index in [9.17, 15) is 4.79 Å². The van der Waals surface area contributed by atoms with Gasteiger partial charge in [0.05, 0.1) is 22.5 Å². The number of aromatic amines is 1. The first-order valence-corrected chi connectivity index (χ1v) is 6.40. The molecule has 0 atom stereocenters. The molecule has 0 unspecified atom stereocenters. The van der Waals surface area contributed by atoms with Gasteiger partial charge in [0.2, 0.25) is 5.56 Å². The van der Waals surface area contributed by atoms with Crippen LogP contribution in [-0.2, 0) is 6.42 Å². The first-order chi connectivity index (χ1) is 9.02. The number of halogens is 3. The lowest BCUT2D eigenvalue weighted by molar-refractivity contribution is 1.17. The second-order valence-corrected chi connectivity index (χ2v) is 5.04. The number of hydrogen-bond acceptors (Lipinski definition) is 2. The van der Waals surface area contributed by atoms with Gasteiger partial charge in [-0.05, 0) is 17.7 Å². The van der Waals surface area contributed by atoms with E-state index in [-0.39, 0.29) is 12.0 Å². The molecule has 0 saturated heterocycles. The van der Waals surface area contributed by atoms with E-state index in [0.29, 0.717) is 31.8 Å². The largest absolute Gasteiger partial charge is 0.328 e. The fourth-order valence-corrected chi connectivity index (χ4v) is 2.45. The summed E-state index contributed by atoms with van der Waals surface area (Å²) in [4.78, 5) is 13.9. The Balaban J connectivity index is 2.72. The van der Waals surface area contributed by atoms with E-state index in [2.05, 4.69) is 4.98 Å². The van der Waals surface area contributed by atoms with Crippen LogP contribution < -0.4 is 5.56 Å². The third kappa shape index (κ3) is 2.93. The first kappa shape index (κ1) is 14.0. The second-order valence-electron chi connectivity index (χ2n) is 3.82. The first-order valence-electron chi connectivity index (χ1n) is 5.26. The number of benzene rings is 1. The summed E-state index contributed by atoms with van der Waals surface area (Å²) in [5, 5.41) is 9.89. The molecule has 3 nitrogen and oxygen atoms in total. The minimum atomic E-state index is -0.279. The Kier molecular flexibility index (Phi) is 4.16. The number of pyridine rings is 1. The highest BCUT2D eigenvalue weighted by Crippen LogP contribution is 2.37. The predicted octanol–water partition coefficient (Wildman–Crippen LogP) is 4.07. The molecule has 1 heterocycles. The molecular formula is C13H7Cl3N2O. The van der Waals surface area contributed by atoms with E-state index < -0.39 is 0 Å². The molecule has 0 saturated carbocycles. The smallest absolute Gasteiger partial charge is 0.248 e. The van der Waals surface area contributed by atoms with E-state index in [4.69, 9.17) is 40.1 Å². The molecule has 19 heavy (non-hydrogen) atoms. The molecular weight excluding hydrogens is 307 g/mol. The molecule has 0 radical (unpaired) electrons. The SMILES string of the molecule is N#CCc1cc(=O)[nH]cc1-c1cc(Cl)cc(Cl)c1Cl. The van der Waals surface area contributed by atoms with Crippen LogP contribution in [0.3, 0.4) is 0 Å². The monoisotopic (exact) mass is 312 g/mol. The van der Waals surface area contributed by atoms with Crippen LogP contribution in [0.4, 0.5) is 0 Å². The summed E-state index contributed by atoms with van der Waals surface area (Å²) in [6.07, 6.45) is 1.60. The maximum atomic E-state index is 11.3. The number of hydrogen-bond donors (Lipinski definition) is 1. The normalized spacial score (nSPS) is 10.2. The molecule has 6 heteroatoms. The molecule has 0 aliphatic rings. The number of nitriles is 1. The minimum absolute atomic E-state index is 0.0969. The van der Waals surface area contributed by atoms with Crippen molar-refractivity contribution in [2.75, 3.05) is 0 Å². The lowest BCUT2D eigenvalue weighted by Gasteiger charge is -2.10. The van der Waals surface area contributed by atoms with Gasteiger partial charge in [-0.3, -0.25) is 4.79 Å². The quantitative estimate of drug-likeness (QED) is 0.850. The van der Waals surface area contributed by atoms with Crippen molar-refractivity contribution in [1.82, 2.24) is 4.98 Å². The summed E-state index contributed by atoms with van der Waals surface area (Å²) in [7, 11) is 0. The topological polar surface area (TPSA) is 56.6 Å². The van der Waals surface area contributed by atoms with Crippen LogP contribution in [0.25, 0.3) is 11.1 Å². The van der Waals surface area contributed by atoms with Crippen molar-refractivity contribution >= 4 is 34.8 Å². The molecule has 1 N–H and O–H groups in total. The average molecular weight is 314 g/mol. The van der Waals surface area contributed by atoms with Crippen molar-refractivity contribution in [3.8, 4) is 17.2 Å². The molecule has 2 aromatic rings. The molecule has 0 aliphatic heterocycles. The Bertz CT molecular complexity index is 732. The molecule has 0 fully saturated rings. The highest BCUT2D eigenvalue weighted by Gasteiger charge is 2.13. The summed E-state index contributed by atoms with van der Waals surface area (Å²) in [5.74, 6) is 0. The van der Waals surface area contributed by atoms with Gasteiger partial charge < -0.3 is 4.98 Å². The van der Waals surface area contributed by atoms with Crippen molar-refractivity contribution in [2.24, 2.45) is 0 Å². The lowest BCUT2D eigenvalue weighted by atomic mass is 10.0. The van der Waals surface area contributed by atoms with Gasteiger partial charge >= 0.3 is 0 Å². The summed E-state index contributed by atoms with van der Waals surface area (Å²) < 4.78 is 0. The van der Waals surface area contributed by atoms with E-state index >= 15 is 0 Å². The highest BCUT2D eigenvalue weighted by molar-refractivity contribution is 6.45. The van der Waals surface area contributed by atoms with Gasteiger partial charge in [0, 0.05) is 28.4 Å². The third-order valence-corrected chi connectivity index (χ3v) is 3.58. The third-order valence-electron chi connectivity index (χ3n) is 2.56. The van der Waals surface area contributed by atoms with E-state index in [1.54, 1.807) is 6.07 Å². The number of H-pyrrole nitrogens is 1. The molecule has 96 valence electrons. The molecule has 1 aromatic heterocycles. The Hall–Kier alpha value is -1.47. The Labute approximate surface area is 124 Å². The zero-order valence-electron chi connectivity index (χ0n) is 9.51. The number of nitrogens with one attached hydrogen (secondary N) is 1. The minimum Gasteiger partial charge on any atom is -0.328 e. The lowest BCUT2D eigenvalue weighted by Crippen LogP contribution is -2.06. The van der Waals surface area contributed by atoms with Gasteiger partial charge in [0.25, 0.3) is 0 Å². The predicted molar refractivity (Wildman–Crippen MR) is 76.8 cm³/mol. The molecule has 0 spiro atoms. The van der Waals surface area contributed by atoms with Gasteiger partial charge in [-0.1, -0.05) is 34.8 Å². The molecule has 0 aliphatic carbocycles. The van der Waals surface area contributed by atoms with Crippen LogP contribution in [0.5, 0.6) is 0 Å². The van der Waals surface area contributed by atoms with E-state index in [1.807, 2.05) is 6.07 Å². The maximum Gasteiger partial charge on any atom is 0.248 e. The van der Waals surface area contributed by atoms with E-state index in [1.165, 1.54) is 18.3 Å². The van der Waals surface area contributed by atoms with E-state index in [0.717, 1.165) is 0 Å². The molecule has 2 rings (SSSR count). The van der Waals surface area contributed by atoms with Crippen LogP contribution in [0.2, 0.25) is 15.1 Å². The zero-order valence-corrected chi connectivity index (χ0v) is 11.8. The van der Waals surface area contributed by atoms with Gasteiger partial charge in [0.1, 0.15) is 0 Å². The van der Waals surface area contributed by atoms with Crippen LogP contribution in [0.15, 0.2) is 29.2 Å². The summed E-state index contributed by atoms with van der Waals surface area (Å²) in [5.41, 5.74) is 1.51. The second kappa shape index (κ2) is 5.66. The summed E-state index contributed by atoms with van der Waals surface area (Å²) in [6.45, 7) is 0. The van der Waals surface area contributed by atoms with Crippen LogP contribution in [0.1, 0.15) is 5.56 Å². The van der Waals surface area contributed by atoms with Crippen molar-refractivity contribution in [3.05, 3.63) is 55.4 Å². The van der Waals surface area contributed by atoms with Crippen molar-refractivity contribution < 1.29 is 0 Å². The average Bonchev–Trinajstić information content (AvgIpc) is 2.35. The number of rotatable bonds is 2. The van der Waals surface area contributed by atoms with Crippen LogP contribution >= 0.6 is 34.8 Å². The van der Waals surface area contributed by atoms with Crippen molar-refractivity contribution in [1.29, 1.82) is 5.26 Å². The van der Waals surface area contributed by atoms with Gasteiger partial charge in [0.15, 0.2) is 0 Å². The number of nitrogens with zero attached hydrogens (tertiary/aromatic N) is 1. The van der Waals surface area contributed by atoms with Crippen LogP contribution in [0, 0.1) is 11.3 Å². The molecule has 0 bridgehead atoms. The fraction of sp³-hybridized carbons (Fsp3) is 0.0769. The Morgan fingerprint density at radius 3 is 2.58 bits per heavy atom. The summed E-state index contributed by atoms with van der Waals surface area (Å²) in [6, 6.07) is 6.55. The Morgan fingerprint density at radius 2 is 1.89 bits per heavy atom. The fourth-order valence-electron chi connectivity index (χ4n) is 1.75.